The molecule has 4 nitrogen and oxygen atoms in total. The first-order chi connectivity index (χ1) is 6.27. The van der Waals surface area contributed by atoms with E-state index in [2.05, 4.69) is 21.9 Å². The van der Waals surface area contributed by atoms with Crippen molar-refractivity contribution in [3.8, 4) is 0 Å². The molecule has 0 bridgehead atoms. The van der Waals surface area contributed by atoms with Crippen molar-refractivity contribution in [3.05, 3.63) is 12.4 Å². The molecule has 2 rings (SSSR count). The first-order valence-electron chi connectivity index (χ1n) is 4.58. The summed E-state index contributed by atoms with van der Waals surface area (Å²) < 4.78 is 0. The summed E-state index contributed by atoms with van der Waals surface area (Å²) in [6.45, 7) is 0. The average Bonchev–Trinajstić information content (AvgIpc) is 2.01. The smallest absolute Gasteiger partial charge is 0.134 e. The standard InChI is InChI=1S/C9H14N4/c1-13(7-3-2-4-7)9-5-8(10)11-6-12-9/h5-7H,2-4H2,1H3,(H2,10,11,12). The van der Waals surface area contributed by atoms with Gasteiger partial charge in [0.25, 0.3) is 0 Å². The van der Waals surface area contributed by atoms with Gasteiger partial charge in [-0.2, -0.15) is 0 Å². The van der Waals surface area contributed by atoms with Crippen LogP contribution >= 0.6 is 0 Å². The van der Waals surface area contributed by atoms with Gasteiger partial charge in [-0.25, -0.2) is 9.97 Å². The summed E-state index contributed by atoms with van der Waals surface area (Å²) in [5.74, 6) is 1.47. The predicted molar refractivity (Wildman–Crippen MR) is 52.5 cm³/mol. The molecular formula is C9H14N4. The van der Waals surface area contributed by atoms with Gasteiger partial charge in [-0.1, -0.05) is 0 Å². The van der Waals surface area contributed by atoms with E-state index in [-0.39, 0.29) is 0 Å². The summed E-state index contributed by atoms with van der Waals surface area (Å²) in [5.41, 5.74) is 5.58. The Morgan fingerprint density at radius 3 is 2.77 bits per heavy atom. The zero-order valence-electron chi connectivity index (χ0n) is 7.77. The van der Waals surface area contributed by atoms with E-state index in [0.29, 0.717) is 11.9 Å². The number of rotatable bonds is 2. The SMILES string of the molecule is CN(c1cc(N)ncn1)C1CCC1. The Hall–Kier alpha value is -1.32. The Bertz CT molecular complexity index is 295. The molecule has 0 aliphatic heterocycles. The number of aromatic nitrogens is 2. The summed E-state index contributed by atoms with van der Waals surface area (Å²) in [7, 11) is 2.06. The largest absolute Gasteiger partial charge is 0.384 e. The van der Waals surface area contributed by atoms with Crippen LogP contribution in [0.4, 0.5) is 11.6 Å². The molecule has 0 saturated heterocycles. The van der Waals surface area contributed by atoms with Gasteiger partial charge in [0, 0.05) is 19.2 Å². The molecule has 0 aromatic carbocycles. The third kappa shape index (κ3) is 1.56. The molecule has 1 aliphatic rings. The lowest BCUT2D eigenvalue weighted by atomic mass is 9.92. The van der Waals surface area contributed by atoms with Crippen LogP contribution in [-0.4, -0.2) is 23.1 Å². The number of nitrogens with two attached hydrogens (primary N) is 1. The molecule has 0 unspecified atom stereocenters. The van der Waals surface area contributed by atoms with Crippen LogP contribution in [0, 0.1) is 0 Å². The van der Waals surface area contributed by atoms with Crippen LogP contribution in [0.1, 0.15) is 19.3 Å². The Balaban J connectivity index is 2.14. The summed E-state index contributed by atoms with van der Waals surface area (Å²) in [4.78, 5) is 10.2. The van der Waals surface area contributed by atoms with E-state index in [1.807, 2.05) is 6.07 Å². The van der Waals surface area contributed by atoms with Crippen molar-refractivity contribution in [3.63, 3.8) is 0 Å². The van der Waals surface area contributed by atoms with Gasteiger partial charge in [-0.3, -0.25) is 0 Å². The molecule has 13 heavy (non-hydrogen) atoms. The van der Waals surface area contributed by atoms with Crippen LogP contribution in [-0.2, 0) is 0 Å². The van der Waals surface area contributed by atoms with Crippen molar-refractivity contribution in [2.45, 2.75) is 25.3 Å². The molecule has 0 amide bonds. The second kappa shape index (κ2) is 3.20. The minimum Gasteiger partial charge on any atom is -0.384 e. The van der Waals surface area contributed by atoms with Crippen LogP contribution in [0.25, 0.3) is 0 Å². The van der Waals surface area contributed by atoms with Crippen LogP contribution in [0.2, 0.25) is 0 Å². The van der Waals surface area contributed by atoms with E-state index >= 15 is 0 Å². The number of hydrogen-bond donors (Lipinski definition) is 1. The average molecular weight is 178 g/mol. The summed E-state index contributed by atoms with van der Waals surface area (Å²) >= 11 is 0. The highest BCUT2D eigenvalue weighted by Crippen LogP contribution is 2.26. The summed E-state index contributed by atoms with van der Waals surface area (Å²) in [5, 5.41) is 0. The van der Waals surface area contributed by atoms with E-state index in [1.165, 1.54) is 25.6 Å². The fourth-order valence-electron chi connectivity index (χ4n) is 1.52. The number of hydrogen-bond acceptors (Lipinski definition) is 4. The van der Waals surface area contributed by atoms with Gasteiger partial charge in [0.05, 0.1) is 0 Å². The van der Waals surface area contributed by atoms with Gasteiger partial charge in [0.1, 0.15) is 18.0 Å². The van der Waals surface area contributed by atoms with Crippen molar-refractivity contribution in [1.82, 2.24) is 9.97 Å². The van der Waals surface area contributed by atoms with Crippen LogP contribution in [0.15, 0.2) is 12.4 Å². The van der Waals surface area contributed by atoms with E-state index in [4.69, 9.17) is 5.73 Å². The molecule has 1 fully saturated rings. The Kier molecular flexibility index (Phi) is 2.04. The van der Waals surface area contributed by atoms with E-state index in [9.17, 15) is 0 Å². The Morgan fingerprint density at radius 2 is 2.23 bits per heavy atom. The molecule has 1 aliphatic carbocycles. The zero-order chi connectivity index (χ0) is 9.26. The van der Waals surface area contributed by atoms with Crippen molar-refractivity contribution < 1.29 is 0 Å². The van der Waals surface area contributed by atoms with Gasteiger partial charge in [-0.05, 0) is 19.3 Å². The van der Waals surface area contributed by atoms with Crippen LogP contribution in [0.3, 0.4) is 0 Å². The minimum absolute atomic E-state index is 0.538. The van der Waals surface area contributed by atoms with Crippen LogP contribution in [0.5, 0.6) is 0 Å². The van der Waals surface area contributed by atoms with Gasteiger partial charge in [0.2, 0.25) is 0 Å². The lowest BCUT2D eigenvalue weighted by Gasteiger charge is -2.35. The maximum absolute atomic E-state index is 5.58. The fourth-order valence-corrected chi connectivity index (χ4v) is 1.52. The molecule has 4 heteroatoms. The van der Waals surface area contributed by atoms with Gasteiger partial charge in [0.15, 0.2) is 0 Å². The fraction of sp³-hybridized carbons (Fsp3) is 0.556. The van der Waals surface area contributed by atoms with Crippen molar-refractivity contribution in [2.24, 2.45) is 0 Å². The zero-order valence-corrected chi connectivity index (χ0v) is 7.77. The summed E-state index contributed by atoms with van der Waals surface area (Å²) in [6, 6.07) is 2.47. The van der Waals surface area contributed by atoms with Gasteiger partial charge in [-0.15, -0.1) is 0 Å². The second-order valence-electron chi connectivity index (χ2n) is 3.50. The molecule has 70 valence electrons. The normalized spacial score (nSPS) is 16.7. The molecule has 1 saturated carbocycles. The second-order valence-corrected chi connectivity index (χ2v) is 3.50. The molecular weight excluding hydrogens is 164 g/mol. The monoisotopic (exact) mass is 178 g/mol. The lowest BCUT2D eigenvalue weighted by Crippen LogP contribution is -2.37. The van der Waals surface area contributed by atoms with Gasteiger partial charge < -0.3 is 10.6 Å². The Morgan fingerprint density at radius 1 is 1.46 bits per heavy atom. The van der Waals surface area contributed by atoms with Crippen LogP contribution < -0.4 is 10.6 Å². The third-order valence-electron chi connectivity index (χ3n) is 2.66. The maximum atomic E-state index is 5.58. The quantitative estimate of drug-likeness (QED) is 0.735. The highest BCUT2D eigenvalue weighted by atomic mass is 15.2. The number of nitrogens with zero attached hydrogens (tertiary/aromatic N) is 3. The molecule has 0 atom stereocenters. The van der Waals surface area contributed by atoms with E-state index in [0.717, 1.165) is 5.82 Å². The maximum Gasteiger partial charge on any atom is 0.134 e. The number of anilines is 2. The molecule has 1 heterocycles. The highest BCUT2D eigenvalue weighted by Gasteiger charge is 2.22. The molecule has 1 aromatic heterocycles. The van der Waals surface area contributed by atoms with Crippen molar-refractivity contribution in [1.29, 1.82) is 0 Å². The van der Waals surface area contributed by atoms with Crippen molar-refractivity contribution in [2.75, 3.05) is 17.7 Å². The van der Waals surface area contributed by atoms with Crippen molar-refractivity contribution >= 4 is 11.6 Å². The summed E-state index contributed by atoms with van der Waals surface area (Å²) in [6.07, 6.45) is 5.37. The predicted octanol–water partition coefficient (Wildman–Crippen LogP) is 1.05. The molecule has 0 radical (unpaired) electrons. The lowest BCUT2D eigenvalue weighted by molar-refractivity contribution is 0.399. The molecule has 1 aromatic rings. The number of nitrogen functional groups attached to an aromatic ring is 1. The topological polar surface area (TPSA) is 55.0 Å². The Labute approximate surface area is 77.8 Å². The van der Waals surface area contributed by atoms with E-state index < -0.39 is 0 Å². The minimum atomic E-state index is 0.538. The van der Waals surface area contributed by atoms with E-state index in [1.54, 1.807) is 0 Å². The first-order valence-corrected chi connectivity index (χ1v) is 4.58. The van der Waals surface area contributed by atoms with Gasteiger partial charge >= 0.3 is 0 Å². The third-order valence-corrected chi connectivity index (χ3v) is 2.66. The molecule has 0 spiro atoms. The first kappa shape index (κ1) is 8.29. The molecule has 2 N–H and O–H groups in total. The highest BCUT2D eigenvalue weighted by molar-refractivity contribution is 5.46.